The van der Waals surface area contributed by atoms with Crippen LogP contribution in [0.2, 0.25) is 0 Å². The number of ketones is 1. The second-order valence-electron chi connectivity index (χ2n) is 12.2. The van der Waals surface area contributed by atoms with Gasteiger partial charge in [-0.2, -0.15) is 0 Å². The predicted molar refractivity (Wildman–Crippen MR) is 186 cm³/mol. The number of phenols is 1. The first-order chi connectivity index (χ1) is 23.0. The van der Waals surface area contributed by atoms with Crippen LogP contribution in [0, 0.1) is 6.92 Å². The zero-order valence-corrected chi connectivity index (χ0v) is 28.7. The van der Waals surface area contributed by atoms with Gasteiger partial charge < -0.3 is 31.5 Å². The summed E-state index contributed by atoms with van der Waals surface area (Å²) in [6.45, 7) is 6.43. The van der Waals surface area contributed by atoms with Gasteiger partial charge in [0.15, 0.2) is 0 Å². The van der Waals surface area contributed by atoms with Gasteiger partial charge in [-0.1, -0.05) is 69.2 Å². The molecule has 3 amide bonds. The first-order valence-corrected chi connectivity index (χ1v) is 17.2. The molecule has 2 rings (SSSR count). The van der Waals surface area contributed by atoms with Crippen LogP contribution in [0.25, 0.3) is 0 Å². The Morgan fingerprint density at radius 1 is 0.729 bits per heavy atom. The molecule has 0 saturated carbocycles. The molecule has 3 atom stereocenters. The molecule has 0 aliphatic heterocycles. The summed E-state index contributed by atoms with van der Waals surface area (Å²) < 4.78 is 0. The Balaban J connectivity index is 1.92. The Bertz CT molecular complexity index is 1320. The number of phenolic OH excluding ortho intramolecular Hbond substituents is 1. The molecule has 11 nitrogen and oxygen atoms in total. The molecule has 3 unspecified atom stereocenters. The number of nitrogens with one attached hydrogen (secondary N) is 4. The molecular weight excluding hydrogens is 612 g/mol. The van der Waals surface area contributed by atoms with E-state index in [-0.39, 0.29) is 30.3 Å². The fourth-order valence-electron chi connectivity index (χ4n) is 5.37. The highest BCUT2D eigenvalue weighted by atomic mass is 16.4. The molecule has 264 valence electrons. The van der Waals surface area contributed by atoms with Crippen molar-refractivity contribution in [2.24, 2.45) is 0 Å². The Kier molecular flexibility index (Phi) is 18.6. The van der Waals surface area contributed by atoms with E-state index >= 15 is 0 Å². The summed E-state index contributed by atoms with van der Waals surface area (Å²) in [5.41, 5.74) is 2.34. The fraction of sp³-hybridized carbons (Fsp3) is 0.541. The maximum absolute atomic E-state index is 13.5. The number of carbonyl (C=O) groups is 5. The molecule has 0 heterocycles. The first-order valence-electron chi connectivity index (χ1n) is 17.2. The number of rotatable bonds is 24. The number of Topliss-reactive ketones (excluding diaryl/α,β-unsaturated/α-hetero) is 1. The lowest BCUT2D eigenvalue weighted by atomic mass is 10.0. The second-order valence-corrected chi connectivity index (χ2v) is 12.2. The van der Waals surface area contributed by atoms with E-state index in [1.807, 2.05) is 50.2 Å². The lowest BCUT2D eigenvalue weighted by Crippen LogP contribution is -2.56. The smallest absolute Gasteiger partial charge is 0.326 e. The molecule has 0 aliphatic rings. The lowest BCUT2D eigenvalue weighted by Gasteiger charge is -2.25. The van der Waals surface area contributed by atoms with Crippen molar-refractivity contribution in [2.75, 3.05) is 13.1 Å². The minimum absolute atomic E-state index is 0.0568. The Labute approximate surface area is 284 Å². The first kappa shape index (κ1) is 39.9. The van der Waals surface area contributed by atoms with Gasteiger partial charge in [0.25, 0.3) is 0 Å². The molecule has 2 aromatic carbocycles. The van der Waals surface area contributed by atoms with Crippen molar-refractivity contribution < 1.29 is 34.2 Å². The lowest BCUT2D eigenvalue weighted by molar-refractivity contribution is -0.142. The molecule has 6 N–H and O–H groups in total. The van der Waals surface area contributed by atoms with Gasteiger partial charge in [-0.3, -0.25) is 19.2 Å². The summed E-state index contributed by atoms with van der Waals surface area (Å²) in [4.78, 5) is 62.6. The van der Waals surface area contributed by atoms with Crippen LogP contribution in [0.3, 0.4) is 0 Å². The van der Waals surface area contributed by atoms with E-state index in [1.165, 1.54) is 0 Å². The monoisotopic (exact) mass is 666 g/mol. The third-order valence-electron chi connectivity index (χ3n) is 8.24. The molecule has 48 heavy (non-hydrogen) atoms. The van der Waals surface area contributed by atoms with Crippen LogP contribution in [0.15, 0.2) is 48.5 Å². The number of amides is 3. The molecule has 2 aromatic rings. The van der Waals surface area contributed by atoms with Crippen molar-refractivity contribution in [1.29, 1.82) is 0 Å². The highest BCUT2D eigenvalue weighted by Gasteiger charge is 2.29. The molecule has 0 aliphatic carbocycles. The fourth-order valence-corrected chi connectivity index (χ4v) is 5.37. The number of carboxylic acids is 1. The number of hydrogen-bond acceptors (Lipinski definition) is 7. The standard InChI is InChI=1S/C37H54N4O7/c1-4-29(42)17-11-6-7-12-19-34(44)39-22-14-13-18-30(37(47)48)40-36(46)32(24-27-15-9-8-10-16-27)41-35(45)31(38-5-2)25-28-20-21-33(43)26(3)23-28/h8-10,15-16,20-21,23,30-32,38,43H,4-7,11-14,17-19,22,24-25H2,1-3H3,(H,39,44)(H,40,46)(H,41,45)(H,47,48). The van der Waals surface area contributed by atoms with Crippen molar-refractivity contribution in [3.8, 4) is 5.75 Å². The van der Waals surface area contributed by atoms with Crippen molar-refractivity contribution in [2.45, 2.75) is 116 Å². The minimum atomic E-state index is -1.17. The number of hydrogen-bond donors (Lipinski definition) is 6. The van der Waals surface area contributed by atoms with E-state index in [1.54, 1.807) is 19.1 Å². The third kappa shape index (κ3) is 15.6. The topological polar surface area (TPSA) is 174 Å². The van der Waals surface area contributed by atoms with Crippen LogP contribution in [-0.2, 0) is 36.8 Å². The Hall–Kier alpha value is -4.25. The Morgan fingerprint density at radius 3 is 2.02 bits per heavy atom. The van der Waals surface area contributed by atoms with E-state index in [4.69, 9.17) is 0 Å². The normalized spacial score (nSPS) is 12.8. The van der Waals surface area contributed by atoms with E-state index in [2.05, 4.69) is 21.3 Å². The van der Waals surface area contributed by atoms with Gasteiger partial charge in [-0.25, -0.2) is 4.79 Å². The van der Waals surface area contributed by atoms with Crippen LogP contribution in [0.5, 0.6) is 5.75 Å². The number of unbranched alkanes of at least 4 members (excludes halogenated alkanes) is 4. The van der Waals surface area contributed by atoms with Crippen LogP contribution in [0.4, 0.5) is 0 Å². The van der Waals surface area contributed by atoms with Crippen LogP contribution in [0.1, 0.15) is 94.7 Å². The van der Waals surface area contributed by atoms with E-state index in [0.717, 1.165) is 36.8 Å². The SMILES string of the molecule is CCNC(Cc1ccc(O)c(C)c1)C(=O)NC(Cc1ccccc1)C(=O)NC(CCCCNC(=O)CCCCCCC(=O)CC)C(=O)O. The summed E-state index contributed by atoms with van der Waals surface area (Å²) in [6, 6.07) is 11.5. The second kappa shape index (κ2) is 22.3. The highest BCUT2D eigenvalue weighted by molar-refractivity contribution is 5.92. The van der Waals surface area contributed by atoms with Crippen LogP contribution < -0.4 is 21.3 Å². The molecular formula is C37H54N4O7. The van der Waals surface area contributed by atoms with E-state index in [0.29, 0.717) is 57.2 Å². The zero-order chi connectivity index (χ0) is 35.3. The van der Waals surface area contributed by atoms with E-state index < -0.39 is 35.9 Å². The average Bonchev–Trinajstić information content (AvgIpc) is 3.06. The third-order valence-corrected chi connectivity index (χ3v) is 8.24. The number of carbonyl (C=O) groups excluding carboxylic acids is 4. The molecule has 0 saturated heterocycles. The number of aliphatic carboxylic acids is 1. The molecule has 0 aromatic heterocycles. The van der Waals surface area contributed by atoms with Crippen LogP contribution >= 0.6 is 0 Å². The largest absolute Gasteiger partial charge is 0.508 e. The van der Waals surface area contributed by atoms with Gasteiger partial charge >= 0.3 is 5.97 Å². The maximum atomic E-state index is 13.5. The number of benzene rings is 2. The molecule has 11 heteroatoms. The number of aryl methyl sites for hydroxylation is 1. The molecule has 0 radical (unpaired) electrons. The highest BCUT2D eigenvalue weighted by Crippen LogP contribution is 2.18. The summed E-state index contributed by atoms with van der Waals surface area (Å²) in [7, 11) is 0. The molecule has 0 fully saturated rings. The number of carboxylic acid groups (broad SMARTS) is 1. The van der Waals surface area contributed by atoms with Crippen LogP contribution in [-0.4, -0.2) is 70.9 Å². The van der Waals surface area contributed by atoms with Gasteiger partial charge in [0, 0.05) is 32.2 Å². The van der Waals surface area contributed by atoms with Gasteiger partial charge in [-0.05, 0) is 74.8 Å². The van der Waals surface area contributed by atoms with Crippen molar-refractivity contribution in [3.63, 3.8) is 0 Å². The van der Waals surface area contributed by atoms with Gasteiger partial charge in [0.05, 0.1) is 6.04 Å². The van der Waals surface area contributed by atoms with Crippen molar-refractivity contribution >= 4 is 29.5 Å². The van der Waals surface area contributed by atoms with Gasteiger partial charge in [0.2, 0.25) is 17.7 Å². The number of likely N-dealkylation sites (N-methyl/N-ethyl adjacent to an activating group) is 1. The van der Waals surface area contributed by atoms with Crippen molar-refractivity contribution in [1.82, 2.24) is 21.3 Å². The minimum Gasteiger partial charge on any atom is -0.508 e. The predicted octanol–water partition coefficient (Wildman–Crippen LogP) is 4.12. The average molecular weight is 667 g/mol. The van der Waals surface area contributed by atoms with Crippen molar-refractivity contribution in [3.05, 3.63) is 65.2 Å². The summed E-state index contributed by atoms with van der Waals surface area (Å²) in [6.07, 6.45) is 6.68. The maximum Gasteiger partial charge on any atom is 0.326 e. The molecule has 0 bridgehead atoms. The molecule has 0 spiro atoms. The summed E-state index contributed by atoms with van der Waals surface area (Å²) in [5, 5.41) is 31.2. The quantitative estimate of drug-likeness (QED) is 0.0908. The van der Waals surface area contributed by atoms with E-state index in [9.17, 15) is 34.2 Å². The number of aromatic hydroxyl groups is 1. The zero-order valence-electron chi connectivity index (χ0n) is 28.7. The van der Waals surface area contributed by atoms with Gasteiger partial charge in [0.1, 0.15) is 23.6 Å². The Morgan fingerprint density at radius 2 is 1.38 bits per heavy atom. The summed E-state index contributed by atoms with van der Waals surface area (Å²) in [5.74, 6) is -1.79. The summed E-state index contributed by atoms with van der Waals surface area (Å²) >= 11 is 0. The van der Waals surface area contributed by atoms with Gasteiger partial charge in [-0.15, -0.1) is 0 Å².